The molecule has 4 rings (SSSR count). The van der Waals surface area contributed by atoms with Gasteiger partial charge >= 0.3 is 5.97 Å². The summed E-state index contributed by atoms with van der Waals surface area (Å²) in [7, 11) is 0. The first-order chi connectivity index (χ1) is 16.2. The Morgan fingerprint density at radius 2 is 1.88 bits per heavy atom. The summed E-state index contributed by atoms with van der Waals surface area (Å²) < 4.78 is 5.10. The van der Waals surface area contributed by atoms with Crippen molar-refractivity contribution in [2.75, 3.05) is 11.5 Å². The van der Waals surface area contributed by atoms with Crippen LogP contribution < -0.4 is 4.90 Å². The molecule has 1 fully saturated rings. The van der Waals surface area contributed by atoms with Crippen molar-refractivity contribution in [3.05, 3.63) is 81.4 Å². The van der Waals surface area contributed by atoms with Gasteiger partial charge in [-0.2, -0.15) is 0 Å². The van der Waals surface area contributed by atoms with Crippen LogP contribution in [0.2, 0.25) is 0 Å². The van der Waals surface area contributed by atoms with Gasteiger partial charge in [-0.1, -0.05) is 37.3 Å². The van der Waals surface area contributed by atoms with Crippen molar-refractivity contribution in [1.29, 1.82) is 0 Å². The van der Waals surface area contributed by atoms with Gasteiger partial charge in [0.1, 0.15) is 0 Å². The van der Waals surface area contributed by atoms with E-state index in [-0.39, 0.29) is 40.2 Å². The molecule has 0 saturated carbocycles. The van der Waals surface area contributed by atoms with Gasteiger partial charge in [0.2, 0.25) is 17.6 Å². The number of nitro groups is 1. The summed E-state index contributed by atoms with van der Waals surface area (Å²) in [5.74, 6) is -2.91. The zero-order valence-electron chi connectivity index (χ0n) is 18.6. The highest BCUT2D eigenvalue weighted by atomic mass is 16.6. The molecule has 1 aliphatic heterocycles. The second-order valence-corrected chi connectivity index (χ2v) is 8.48. The van der Waals surface area contributed by atoms with E-state index in [0.29, 0.717) is 12.0 Å². The molecular weight excluding hydrogens is 440 g/mol. The van der Waals surface area contributed by atoms with E-state index >= 15 is 0 Å². The molecule has 34 heavy (non-hydrogen) atoms. The van der Waals surface area contributed by atoms with E-state index in [1.807, 2.05) is 19.1 Å². The van der Waals surface area contributed by atoms with E-state index in [1.54, 1.807) is 13.0 Å². The minimum atomic E-state index is -0.816. The van der Waals surface area contributed by atoms with Crippen molar-refractivity contribution >= 4 is 34.9 Å². The number of rotatable bonds is 6. The average Bonchev–Trinajstić information content (AvgIpc) is 3.08. The van der Waals surface area contributed by atoms with Crippen LogP contribution >= 0.6 is 0 Å². The molecule has 0 radical (unpaired) electrons. The van der Waals surface area contributed by atoms with Crippen LogP contribution in [-0.4, -0.2) is 35.1 Å². The zero-order chi connectivity index (χ0) is 24.6. The second-order valence-electron chi connectivity index (χ2n) is 8.48. The zero-order valence-corrected chi connectivity index (χ0v) is 18.6. The Labute approximate surface area is 195 Å². The van der Waals surface area contributed by atoms with Gasteiger partial charge in [-0.05, 0) is 37.5 Å². The molecule has 0 aromatic heterocycles. The molecule has 9 nitrogen and oxygen atoms in total. The number of benzene rings is 2. The fraction of sp³-hybridized carbons (Fsp3) is 0.280. The van der Waals surface area contributed by atoms with Crippen LogP contribution in [0, 0.1) is 34.8 Å². The monoisotopic (exact) mass is 462 g/mol. The number of anilines is 1. The van der Waals surface area contributed by atoms with Crippen molar-refractivity contribution in [3.63, 3.8) is 0 Å². The molecule has 0 N–H and O–H groups in total. The molecule has 1 saturated heterocycles. The first-order valence-corrected chi connectivity index (χ1v) is 10.8. The maximum Gasteiger partial charge on any atom is 0.338 e. The predicted molar refractivity (Wildman–Crippen MR) is 121 cm³/mol. The lowest BCUT2D eigenvalue weighted by Gasteiger charge is -2.22. The van der Waals surface area contributed by atoms with Crippen LogP contribution in [0.15, 0.2) is 54.6 Å². The Hall–Kier alpha value is -4.14. The topological polar surface area (TPSA) is 124 Å². The molecule has 2 aliphatic rings. The number of Topliss-reactive ketones (excluding diaryl/α,β-unsaturated/α-hetero) is 1. The van der Waals surface area contributed by atoms with Crippen molar-refractivity contribution in [3.8, 4) is 0 Å². The lowest BCUT2D eigenvalue weighted by Crippen LogP contribution is -2.31. The summed E-state index contributed by atoms with van der Waals surface area (Å²) in [5.41, 5.74) is 0.604. The van der Waals surface area contributed by atoms with Gasteiger partial charge < -0.3 is 4.74 Å². The number of ether oxygens (including phenoxy) is 1. The highest BCUT2D eigenvalue weighted by Crippen LogP contribution is 2.40. The van der Waals surface area contributed by atoms with Gasteiger partial charge in [-0.3, -0.25) is 29.4 Å². The normalized spacial score (nSPS) is 21.4. The molecule has 0 bridgehead atoms. The van der Waals surface area contributed by atoms with E-state index in [2.05, 4.69) is 0 Å². The molecule has 3 atom stereocenters. The number of hydrogen-bond donors (Lipinski definition) is 0. The van der Waals surface area contributed by atoms with Crippen molar-refractivity contribution in [2.45, 2.75) is 20.3 Å². The number of esters is 1. The van der Waals surface area contributed by atoms with Gasteiger partial charge in [-0.15, -0.1) is 0 Å². The average molecular weight is 462 g/mol. The number of carbonyl (C=O) groups is 4. The minimum Gasteiger partial charge on any atom is -0.454 e. The number of nitro benzene ring substituents is 1. The van der Waals surface area contributed by atoms with E-state index in [0.717, 1.165) is 11.0 Å². The standard InChI is InChI=1S/C25H22N2O7/c1-14-9-10-16(12-20(14)27(32)33)21(28)13-34-25(31)17-6-4-7-18(11-17)26-23(29)19-8-3-5-15(2)22(19)24(26)30/h3-7,9-12,15,19,22H,8,13H2,1-2H3. The molecule has 1 aliphatic carbocycles. The summed E-state index contributed by atoms with van der Waals surface area (Å²) in [4.78, 5) is 62.5. The fourth-order valence-corrected chi connectivity index (χ4v) is 4.45. The Morgan fingerprint density at radius 1 is 1.12 bits per heavy atom. The molecule has 2 aromatic carbocycles. The lowest BCUT2D eigenvalue weighted by molar-refractivity contribution is -0.385. The summed E-state index contributed by atoms with van der Waals surface area (Å²) in [5, 5.41) is 11.1. The molecule has 3 unspecified atom stereocenters. The highest BCUT2D eigenvalue weighted by molar-refractivity contribution is 6.22. The largest absolute Gasteiger partial charge is 0.454 e. The molecular formula is C25H22N2O7. The Balaban J connectivity index is 1.47. The third-order valence-corrected chi connectivity index (χ3v) is 6.27. The van der Waals surface area contributed by atoms with Gasteiger partial charge in [0.05, 0.1) is 28.0 Å². The highest BCUT2D eigenvalue weighted by Gasteiger charge is 2.50. The summed E-state index contributed by atoms with van der Waals surface area (Å²) in [6.07, 6.45) is 4.34. The van der Waals surface area contributed by atoms with Gasteiger partial charge in [-0.25, -0.2) is 4.79 Å². The number of nitrogens with zero attached hydrogens (tertiary/aromatic N) is 2. The molecule has 2 amide bonds. The maximum absolute atomic E-state index is 13.0. The molecule has 174 valence electrons. The smallest absolute Gasteiger partial charge is 0.338 e. The quantitative estimate of drug-likeness (QED) is 0.160. The Kier molecular flexibility index (Phi) is 6.10. The second kappa shape index (κ2) is 9.01. The van der Waals surface area contributed by atoms with E-state index in [9.17, 15) is 29.3 Å². The van der Waals surface area contributed by atoms with Crippen LogP contribution in [0.1, 0.15) is 39.6 Å². The number of amides is 2. The molecule has 0 spiro atoms. The van der Waals surface area contributed by atoms with Crippen LogP contribution in [0.3, 0.4) is 0 Å². The van der Waals surface area contributed by atoms with E-state index in [1.165, 1.54) is 30.3 Å². The van der Waals surface area contributed by atoms with Gasteiger partial charge in [0.15, 0.2) is 6.61 Å². The van der Waals surface area contributed by atoms with Gasteiger partial charge in [0, 0.05) is 17.2 Å². The van der Waals surface area contributed by atoms with Crippen molar-refractivity contribution in [1.82, 2.24) is 0 Å². The number of fused-ring (bicyclic) bond motifs is 1. The van der Waals surface area contributed by atoms with Crippen molar-refractivity contribution in [2.24, 2.45) is 17.8 Å². The number of imide groups is 1. The van der Waals surface area contributed by atoms with E-state index in [4.69, 9.17) is 4.74 Å². The van der Waals surface area contributed by atoms with Crippen LogP contribution in [0.25, 0.3) is 0 Å². The van der Waals surface area contributed by atoms with Crippen LogP contribution in [-0.2, 0) is 14.3 Å². The molecule has 9 heteroatoms. The minimum absolute atomic E-state index is 0.0532. The first kappa shape index (κ1) is 23.0. The first-order valence-electron chi connectivity index (χ1n) is 10.8. The maximum atomic E-state index is 13.0. The number of aryl methyl sites for hydroxylation is 1. The number of allylic oxidation sites excluding steroid dienone is 2. The number of carbonyl (C=O) groups excluding carboxylic acids is 4. The summed E-state index contributed by atoms with van der Waals surface area (Å²) >= 11 is 0. The van der Waals surface area contributed by atoms with Crippen LogP contribution in [0.4, 0.5) is 11.4 Å². The SMILES string of the molecule is Cc1ccc(C(=O)COC(=O)c2cccc(N3C(=O)C4CC=CC(C)C4C3=O)c2)cc1[N+](=O)[O-]. The molecule has 1 heterocycles. The van der Waals surface area contributed by atoms with Crippen molar-refractivity contribution < 1.29 is 28.8 Å². The fourth-order valence-electron chi connectivity index (χ4n) is 4.45. The summed E-state index contributed by atoms with van der Waals surface area (Å²) in [6.45, 7) is 2.84. The third-order valence-electron chi connectivity index (χ3n) is 6.27. The number of ketones is 1. The molecule has 2 aromatic rings. The van der Waals surface area contributed by atoms with Crippen LogP contribution in [0.5, 0.6) is 0 Å². The Morgan fingerprint density at radius 3 is 2.59 bits per heavy atom. The lowest BCUT2D eigenvalue weighted by atomic mass is 9.78. The third kappa shape index (κ3) is 4.12. The van der Waals surface area contributed by atoms with E-state index < -0.39 is 35.1 Å². The summed E-state index contributed by atoms with van der Waals surface area (Å²) in [6, 6.07) is 9.96. The van der Waals surface area contributed by atoms with Gasteiger partial charge in [0.25, 0.3) is 5.69 Å². The Bertz CT molecular complexity index is 1250. The number of hydrogen-bond acceptors (Lipinski definition) is 7. The predicted octanol–water partition coefficient (Wildman–Crippen LogP) is 3.64.